The average molecular weight is 341 g/mol. The van der Waals surface area contributed by atoms with E-state index in [-0.39, 0.29) is 11.9 Å². The molecule has 0 spiro atoms. The maximum Gasteiger partial charge on any atom is 0.241 e. The predicted molar refractivity (Wildman–Crippen MR) is 98.5 cm³/mol. The topological polar surface area (TPSA) is 63.1 Å². The number of hydrogen-bond donors (Lipinski definition) is 1. The van der Waals surface area contributed by atoms with E-state index in [2.05, 4.69) is 31.9 Å². The molecule has 0 saturated carbocycles. The number of nitrogens with one attached hydrogen (secondary N) is 1. The van der Waals surface area contributed by atoms with Crippen LogP contribution in [0.5, 0.6) is 0 Å². The fraction of sp³-hybridized carbons (Fsp3) is 0.526. The number of piperidine rings is 1. The molecule has 1 aliphatic heterocycles. The monoisotopic (exact) mass is 341 g/mol. The third kappa shape index (κ3) is 3.90. The van der Waals surface area contributed by atoms with Crippen molar-refractivity contribution < 1.29 is 4.79 Å². The van der Waals surface area contributed by atoms with E-state index in [1.165, 1.54) is 0 Å². The molecule has 3 rings (SSSR count). The van der Waals surface area contributed by atoms with Crippen LogP contribution in [-0.2, 0) is 11.3 Å². The number of amides is 1. The van der Waals surface area contributed by atoms with Gasteiger partial charge in [0.15, 0.2) is 0 Å². The van der Waals surface area contributed by atoms with Crippen LogP contribution in [-0.4, -0.2) is 44.7 Å². The summed E-state index contributed by atoms with van der Waals surface area (Å²) >= 11 is 0. The molecule has 0 bridgehead atoms. The Morgan fingerprint density at radius 2 is 2.04 bits per heavy atom. The zero-order chi connectivity index (χ0) is 17.8. The molecule has 0 radical (unpaired) electrons. The van der Waals surface area contributed by atoms with Crippen LogP contribution in [0.2, 0.25) is 0 Å². The number of anilines is 1. The van der Waals surface area contributed by atoms with Gasteiger partial charge in [-0.15, -0.1) is 10.2 Å². The van der Waals surface area contributed by atoms with E-state index in [9.17, 15) is 4.79 Å². The van der Waals surface area contributed by atoms with Gasteiger partial charge in [-0.1, -0.05) is 18.2 Å². The lowest BCUT2D eigenvalue weighted by molar-refractivity contribution is -0.121. The summed E-state index contributed by atoms with van der Waals surface area (Å²) in [5, 5.41) is 11.4. The first-order chi connectivity index (χ1) is 12.1. The van der Waals surface area contributed by atoms with Crippen molar-refractivity contribution in [3.8, 4) is 0 Å². The third-order valence-corrected chi connectivity index (χ3v) is 5.21. The Morgan fingerprint density at radius 3 is 2.72 bits per heavy atom. The summed E-state index contributed by atoms with van der Waals surface area (Å²) < 4.78 is 2.12. The molecule has 134 valence electrons. The maximum atomic E-state index is 12.6. The Kier molecular flexibility index (Phi) is 5.48. The van der Waals surface area contributed by atoms with Gasteiger partial charge < -0.3 is 9.88 Å². The van der Waals surface area contributed by atoms with Crippen LogP contribution in [0.15, 0.2) is 30.6 Å². The van der Waals surface area contributed by atoms with Crippen molar-refractivity contribution in [2.75, 3.05) is 18.4 Å². The highest BCUT2D eigenvalue weighted by Gasteiger charge is 2.29. The molecule has 1 aliphatic rings. The zero-order valence-electron chi connectivity index (χ0n) is 15.3. The maximum absolute atomic E-state index is 12.6. The minimum absolute atomic E-state index is 0.0597. The summed E-state index contributed by atoms with van der Waals surface area (Å²) in [5.41, 5.74) is 1.98. The van der Waals surface area contributed by atoms with Gasteiger partial charge in [0.2, 0.25) is 5.91 Å². The largest absolute Gasteiger partial charge is 0.324 e. The number of benzene rings is 1. The lowest BCUT2D eigenvalue weighted by Crippen LogP contribution is -2.46. The van der Waals surface area contributed by atoms with Crippen LogP contribution >= 0.6 is 0 Å². The standard InChI is InChI=1S/C19H27N5O/c1-4-23-13-20-22-18(23)16-9-11-24(12-10-16)15(3)19(25)21-17-8-6-5-7-14(17)2/h5-8,13,15-16H,4,9-12H2,1-3H3,(H,21,25)/t15-/m0/s1. The number of aromatic nitrogens is 3. The number of carbonyl (C=O) groups excluding carboxylic acids is 1. The molecule has 0 unspecified atom stereocenters. The van der Waals surface area contributed by atoms with Crippen LogP contribution in [0.25, 0.3) is 0 Å². The Balaban J connectivity index is 1.57. The van der Waals surface area contributed by atoms with Gasteiger partial charge in [0, 0.05) is 18.2 Å². The second-order valence-corrected chi connectivity index (χ2v) is 6.77. The SMILES string of the molecule is CCn1cnnc1C1CCN([C@@H](C)C(=O)Nc2ccccc2C)CC1. The number of likely N-dealkylation sites (tertiary alicyclic amines) is 1. The van der Waals surface area contributed by atoms with Gasteiger partial charge in [0.25, 0.3) is 0 Å². The van der Waals surface area contributed by atoms with E-state index in [4.69, 9.17) is 0 Å². The Morgan fingerprint density at radius 1 is 1.32 bits per heavy atom. The number of aryl methyl sites for hydroxylation is 2. The van der Waals surface area contributed by atoms with Gasteiger partial charge in [-0.05, 0) is 58.3 Å². The Bertz CT molecular complexity index is 718. The van der Waals surface area contributed by atoms with Crippen LogP contribution in [0.1, 0.15) is 44.0 Å². The third-order valence-electron chi connectivity index (χ3n) is 5.21. The molecule has 2 aromatic rings. The van der Waals surface area contributed by atoms with Crippen molar-refractivity contribution in [3.63, 3.8) is 0 Å². The van der Waals surface area contributed by atoms with Crippen molar-refractivity contribution in [1.29, 1.82) is 0 Å². The first-order valence-corrected chi connectivity index (χ1v) is 9.08. The first-order valence-electron chi connectivity index (χ1n) is 9.08. The van der Waals surface area contributed by atoms with Gasteiger partial charge in [0.1, 0.15) is 12.2 Å². The van der Waals surface area contributed by atoms with Crippen molar-refractivity contribution >= 4 is 11.6 Å². The Labute approximate surface area is 149 Å². The molecule has 1 aromatic heterocycles. The fourth-order valence-corrected chi connectivity index (χ4v) is 3.48. The molecular weight excluding hydrogens is 314 g/mol. The van der Waals surface area contributed by atoms with Gasteiger partial charge in [-0.25, -0.2) is 0 Å². The number of rotatable bonds is 5. The van der Waals surface area contributed by atoms with E-state index in [0.29, 0.717) is 5.92 Å². The van der Waals surface area contributed by atoms with Crippen LogP contribution in [0.4, 0.5) is 5.69 Å². The minimum Gasteiger partial charge on any atom is -0.324 e. The molecule has 1 aromatic carbocycles. The summed E-state index contributed by atoms with van der Waals surface area (Å²) in [6, 6.07) is 7.75. The van der Waals surface area contributed by atoms with Crippen molar-refractivity contribution in [1.82, 2.24) is 19.7 Å². The molecule has 1 amide bonds. The number of para-hydroxylation sites is 1. The molecule has 6 nitrogen and oxygen atoms in total. The molecular formula is C19H27N5O. The molecule has 1 fully saturated rings. The van der Waals surface area contributed by atoms with Crippen molar-refractivity contribution in [3.05, 3.63) is 42.0 Å². The highest BCUT2D eigenvalue weighted by atomic mass is 16.2. The molecule has 1 N–H and O–H groups in total. The summed E-state index contributed by atoms with van der Waals surface area (Å²) in [6.45, 7) is 8.82. The lowest BCUT2D eigenvalue weighted by Gasteiger charge is -2.35. The van der Waals surface area contributed by atoms with Crippen LogP contribution in [0.3, 0.4) is 0 Å². The van der Waals surface area contributed by atoms with E-state index < -0.39 is 0 Å². The molecule has 25 heavy (non-hydrogen) atoms. The summed E-state index contributed by atoms with van der Waals surface area (Å²) in [7, 11) is 0. The van der Waals surface area contributed by atoms with E-state index in [0.717, 1.165) is 49.6 Å². The van der Waals surface area contributed by atoms with E-state index >= 15 is 0 Å². The quantitative estimate of drug-likeness (QED) is 0.908. The second kappa shape index (κ2) is 7.78. The number of carbonyl (C=O) groups is 1. The molecule has 1 atom stereocenters. The smallest absolute Gasteiger partial charge is 0.241 e. The zero-order valence-corrected chi connectivity index (χ0v) is 15.3. The lowest BCUT2D eigenvalue weighted by atomic mass is 9.95. The van der Waals surface area contributed by atoms with Gasteiger partial charge in [-0.3, -0.25) is 9.69 Å². The second-order valence-electron chi connectivity index (χ2n) is 6.77. The van der Waals surface area contributed by atoms with Gasteiger partial charge >= 0.3 is 0 Å². The molecule has 0 aliphatic carbocycles. The van der Waals surface area contributed by atoms with Crippen molar-refractivity contribution in [2.45, 2.75) is 52.1 Å². The van der Waals surface area contributed by atoms with Gasteiger partial charge in [-0.2, -0.15) is 0 Å². The van der Waals surface area contributed by atoms with Crippen LogP contribution < -0.4 is 5.32 Å². The highest BCUT2D eigenvalue weighted by molar-refractivity contribution is 5.95. The molecule has 1 saturated heterocycles. The minimum atomic E-state index is -0.135. The van der Waals surface area contributed by atoms with Gasteiger partial charge in [0.05, 0.1) is 6.04 Å². The summed E-state index contributed by atoms with van der Waals surface area (Å²) in [4.78, 5) is 14.9. The Hall–Kier alpha value is -2.21. The number of nitrogens with zero attached hydrogens (tertiary/aromatic N) is 4. The molecule has 2 heterocycles. The van der Waals surface area contributed by atoms with E-state index in [1.54, 1.807) is 6.33 Å². The summed E-state index contributed by atoms with van der Waals surface area (Å²) in [5.74, 6) is 1.58. The average Bonchev–Trinajstić information content (AvgIpc) is 3.12. The summed E-state index contributed by atoms with van der Waals surface area (Å²) in [6.07, 6.45) is 3.83. The van der Waals surface area contributed by atoms with Crippen molar-refractivity contribution in [2.24, 2.45) is 0 Å². The van der Waals surface area contributed by atoms with Crippen LogP contribution in [0, 0.1) is 6.92 Å². The predicted octanol–water partition coefficient (Wildman–Crippen LogP) is 2.81. The fourth-order valence-electron chi connectivity index (χ4n) is 3.48. The van der Waals surface area contributed by atoms with E-state index in [1.807, 2.05) is 38.1 Å². The highest BCUT2D eigenvalue weighted by Crippen LogP contribution is 2.27. The molecule has 6 heteroatoms. The normalized spacial score (nSPS) is 17.4. The first kappa shape index (κ1) is 17.6. The number of hydrogen-bond acceptors (Lipinski definition) is 4.